The second-order valence-electron chi connectivity index (χ2n) is 6.65. The molecule has 0 spiro atoms. The van der Waals surface area contributed by atoms with E-state index in [4.69, 9.17) is 4.74 Å². The summed E-state index contributed by atoms with van der Waals surface area (Å²) in [5.41, 5.74) is 1.90. The first-order valence-electron chi connectivity index (χ1n) is 7.61. The zero-order chi connectivity index (χ0) is 17.5. The molecule has 2 amide bonds. The molecule has 2 aromatic rings. The Kier molecular flexibility index (Phi) is 4.16. The number of hydrogen-bond donors (Lipinski definition) is 2. The van der Waals surface area contributed by atoms with Crippen molar-refractivity contribution in [2.75, 3.05) is 17.7 Å². The number of ether oxygens (including phenoxy) is 1. The highest BCUT2D eigenvalue weighted by Gasteiger charge is 2.31. The number of imidazole rings is 1. The van der Waals surface area contributed by atoms with Gasteiger partial charge < -0.3 is 19.9 Å². The lowest BCUT2D eigenvalue weighted by molar-refractivity contribution is -0.119. The number of anilines is 1. The number of carbonyl (C=O) groups is 2. The van der Waals surface area contributed by atoms with Crippen molar-refractivity contribution in [1.82, 2.24) is 15.3 Å². The Morgan fingerprint density at radius 2 is 2.21 bits per heavy atom. The van der Waals surface area contributed by atoms with Gasteiger partial charge in [-0.2, -0.15) is 0 Å². The van der Waals surface area contributed by atoms with E-state index < -0.39 is 17.7 Å². The maximum Gasteiger partial charge on any atom is 0.408 e. The quantitative estimate of drug-likeness (QED) is 0.827. The second-order valence-corrected chi connectivity index (χ2v) is 7.71. The van der Waals surface area contributed by atoms with Gasteiger partial charge in [-0.05, 0) is 32.9 Å². The van der Waals surface area contributed by atoms with Gasteiger partial charge in [0.1, 0.15) is 11.6 Å². The van der Waals surface area contributed by atoms with E-state index in [0.29, 0.717) is 5.75 Å². The predicted molar refractivity (Wildman–Crippen MR) is 93.4 cm³/mol. The monoisotopic (exact) mass is 348 g/mol. The maximum absolute atomic E-state index is 12.7. The van der Waals surface area contributed by atoms with Crippen molar-refractivity contribution in [3.8, 4) is 0 Å². The number of nitrogens with zero attached hydrogens (tertiary/aromatic N) is 2. The summed E-state index contributed by atoms with van der Waals surface area (Å²) >= 11 is 1.52. The fourth-order valence-corrected chi connectivity index (χ4v) is 3.60. The molecule has 0 saturated carbocycles. The van der Waals surface area contributed by atoms with Gasteiger partial charge >= 0.3 is 6.09 Å². The number of carbonyl (C=O) groups excluding carboxylic acids is 2. The van der Waals surface area contributed by atoms with Crippen molar-refractivity contribution in [3.63, 3.8) is 0 Å². The largest absolute Gasteiger partial charge is 0.444 e. The highest BCUT2D eigenvalue weighted by molar-refractivity contribution is 7.99. The van der Waals surface area contributed by atoms with Crippen molar-refractivity contribution in [3.05, 3.63) is 18.5 Å². The number of benzene rings is 1. The van der Waals surface area contributed by atoms with Crippen LogP contribution in [0.25, 0.3) is 11.0 Å². The molecule has 1 aliphatic heterocycles. The number of nitrogens with one attached hydrogen (secondary N) is 2. The summed E-state index contributed by atoms with van der Waals surface area (Å²) in [4.78, 5) is 34.5. The molecule has 2 heterocycles. The van der Waals surface area contributed by atoms with Gasteiger partial charge in [0.15, 0.2) is 0 Å². The summed E-state index contributed by atoms with van der Waals surface area (Å²) in [6.45, 7) is 5.35. The predicted octanol–water partition coefficient (Wildman–Crippen LogP) is 2.52. The molecule has 1 aliphatic rings. The molecular weight excluding hydrogens is 328 g/mol. The normalized spacial score (nSPS) is 18.2. The van der Waals surface area contributed by atoms with E-state index in [1.54, 1.807) is 39.0 Å². The molecule has 128 valence electrons. The van der Waals surface area contributed by atoms with Crippen LogP contribution in [0, 0.1) is 0 Å². The number of H-pyrrole nitrogens is 1. The zero-order valence-electron chi connectivity index (χ0n) is 14.0. The topological polar surface area (TPSA) is 87.3 Å². The number of hydrogen-bond acceptors (Lipinski definition) is 5. The first kappa shape index (κ1) is 16.6. The van der Waals surface area contributed by atoms with Gasteiger partial charge in [-0.25, -0.2) is 9.78 Å². The first-order chi connectivity index (χ1) is 11.2. The molecule has 8 heteroatoms. The fourth-order valence-electron chi connectivity index (χ4n) is 2.48. The molecular formula is C16H20N4O3S. The summed E-state index contributed by atoms with van der Waals surface area (Å²) in [7, 11) is 1.70. The highest BCUT2D eigenvalue weighted by Crippen LogP contribution is 2.36. The van der Waals surface area contributed by atoms with Crippen molar-refractivity contribution in [2.24, 2.45) is 0 Å². The van der Waals surface area contributed by atoms with E-state index in [0.717, 1.165) is 21.6 Å². The van der Waals surface area contributed by atoms with Gasteiger partial charge in [0.05, 0.1) is 23.0 Å². The van der Waals surface area contributed by atoms with E-state index in [1.807, 2.05) is 12.1 Å². The maximum atomic E-state index is 12.7. The lowest BCUT2D eigenvalue weighted by Gasteiger charge is -2.24. The van der Waals surface area contributed by atoms with E-state index >= 15 is 0 Å². The molecule has 3 rings (SSSR count). The van der Waals surface area contributed by atoms with E-state index in [2.05, 4.69) is 15.3 Å². The number of thioether (sulfide) groups is 1. The van der Waals surface area contributed by atoms with Crippen LogP contribution in [0.15, 0.2) is 23.4 Å². The summed E-state index contributed by atoms with van der Waals surface area (Å²) in [5, 5.41) is 2.67. The molecule has 0 aliphatic carbocycles. The minimum Gasteiger partial charge on any atom is -0.444 e. The average molecular weight is 348 g/mol. The van der Waals surface area contributed by atoms with Crippen LogP contribution in [-0.2, 0) is 9.53 Å². The van der Waals surface area contributed by atoms with E-state index in [1.165, 1.54) is 11.8 Å². The Balaban J connectivity index is 1.82. The number of rotatable bonds is 1. The molecule has 0 radical (unpaired) electrons. The van der Waals surface area contributed by atoms with Gasteiger partial charge in [0, 0.05) is 17.7 Å². The third-order valence-corrected chi connectivity index (χ3v) is 4.73. The number of likely N-dealkylation sites (N-methyl/N-ethyl adjacent to an activating group) is 1. The second kappa shape index (κ2) is 6.01. The van der Waals surface area contributed by atoms with Crippen LogP contribution in [0.4, 0.5) is 10.5 Å². The summed E-state index contributed by atoms with van der Waals surface area (Å²) in [6.07, 6.45) is 1.04. The molecule has 1 aromatic heterocycles. The zero-order valence-corrected chi connectivity index (χ0v) is 14.9. The number of fused-ring (bicyclic) bond motifs is 2. The van der Waals surface area contributed by atoms with Crippen LogP contribution in [0.1, 0.15) is 20.8 Å². The van der Waals surface area contributed by atoms with Crippen LogP contribution in [0.2, 0.25) is 0 Å². The number of aromatic nitrogens is 2. The van der Waals surface area contributed by atoms with Crippen molar-refractivity contribution >= 4 is 40.5 Å². The van der Waals surface area contributed by atoms with Gasteiger partial charge in [-0.1, -0.05) is 0 Å². The summed E-state index contributed by atoms with van der Waals surface area (Å²) in [6, 6.07) is 3.21. The Morgan fingerprint density at radius 3 is 2.92 bits per heavy atom. The van der Waals surface area contributed by atoms with Crippen molar-refractivity contribution < 1.29 is 14.3 Å². The molecule has 7 nitrogen and oxygen atoms in total. The Bertz CT molecular complexity index is 796. The van der Waals surface area contributed by atoms with E-state index in [9.17, 15) is 9.59 Å². The van der Waals surface area contributed by atoms with Gasteiger partial charge in [0.25, 0.3) is 0 Å². The van der Waals surface area contributed by atoms with Gasteiger partial charge in [-0.15, -0.1) is 11.8 Å². The van der Waals surface area contributed by atoms with Gasteiger partial charge in [0.2, 0.25) is 5.91 Å². The number of alkyl carbamates (subject to hydrolysis) is 1. The lowest BCUT2D eigenvalue weighted by atomic mass is 10.2. The van der Waals surface area contributed by atoms with Gasteiger partial charge in [-0.3, -0.25) is 4.79 Å². The Morgan fingerprint density at radius 1 is 1.46 bits per heavy atom. The third kappa shape index (κ3) is 3.33. The Hall–Kier alpha value is -2.22. The molecule has 1 unspecified atom stereocenters. The Labute approximate surface area is 144 Å². The summed E-state index contributed by atoms with van der Waals surface area (Å²) in [5.74, 6) is 0.261. The standard InChI is InChI=1S/C16H20N4O3S/c1-16(2,3)23-15(22)19-11-7-24-13-6-10-9(17-8-18-10)5-12(13)20(4)14(11)21/h5-6,8,11H,7H2,1-4H3,(H,17,18)(H,19,22). The first-order valence-corrected chi connectivity index (χ1v) is 8.60. The molecule has 2 N–H and O–H groups in total. The molecule has 0 bridgehead atoms. The van der Waals surface area contributed by atoms with E-state index in [-0.39, 0.29) is 5.91 Å². The summed E-state index contributed by atoms with van der Waals surface area (Å²) < 4.78 is 5.25. The number of aromatic amines is 1. The fraction of sp³-hybridized carbons (Fsp3) is 0.438. The lowest BCUT2D eigenvalue weighted by Crippen LogP contribution is -2.49. The average Bonchev–Trinajstić information content (AvgIpc) is 2.90. The third-order valence-electron chi connectivity index (χ3n) is 3.59. The SMILES string of the molecule is CN1C(=O)C(NC(=O)OC(C)(C)C)CSc2cc3[nH]cnc3cc21. The molecule has 1 atom stereocenters. The van der Waals surface area contributed by atoms with Crippen molar-refractivity contribution in [1.29, 1.82) is 0 Å². The minimum absolute atomic E-state index is 0.179. The molecule has 24 heavy (non-hydrogen) atoms. The van der Waals surface area contributed by atoms with Crippen LogP contribution in [0.5, 0.6) is 0 Å². The number of amides is 2. The highest BCUT2D eigenvalue weighted by atomic mass is 32.2. The molecule has 0 saturated heterocycles. The van der Waals surface area contributed by atoms with Crippen LogP contribution >= 0.6 is 11.8 Å². The van der Waals surface area contributed by atoms with Crippen LogP contribution < -0.4 is 10.2 Å². The van der Waals surface area contributed by atoms with Crippen molar-refractivity contribution in [2.45, 2.75) is 37.3 Å². The minimum atomic E-state index is -0.645. The van der Waals surface area contributed by atoms with Crippen LogP contribution in [0.3, 0.4) is 0 Å². The molecule has 0 fully saturated rings. The smallest absolute Gasteiger partial charge is 0.408 e. The molecule has 1 aromatic carbocycles. The van der Waals surface area contributed by atoms with Crippen LogP contribution in [-0.4, -0.2) is 46.4 Å².